The zero-order chi connectivity index (χ0) is 26.4. The van der Waals surface area contributed by atoms with Gasteiger partial charge in [0.15, 0.2) is 11.6 Å². The summed E-state index contributed by atoms with van der Waals surface area (Å²) in [6.45, 7) is 2.55. The Morgan fingerprint density at radius 2 is 2.03 bits per heavy atom. The molecule has 0 radical (unpaired) electrons. The summed E-state index contributed by atoms with van der Waals surface area (Å²) in [5, 5.41) is 8.97. The molecule has 4 unspecified atom stereocenters. The van der Waals surface area contributed by atoms with E-state index in [4.69, 9.17) is 11.6 Å². The molecule has 0 bridgehead atoms. The summed E-state index contributed by atoms with van der Waals surface area (Å²) >= 11 is 6.06. The van der Waals surface area contributed by atoms with E-state index in [1.165, 1.54) is 6.07 Å². The molecule has 2 aromatic heterocycles. The summed E-state index contributed by atoms with van der Waals surface area (Å²) in [5.74, 6) is 0.563. The topological polar surface area (TPSA) is 105 Å². The Labute approximate surface area is 224 Å². The molecule has 3 aromatic rings. The van der Waals surface area contributed by atoms with Gasteiger partial charge in [0.25, 0.3) is 5.91 Å². The average Bonchev–Trinajstić information content (AvgIpc) is 3.36. The second kappa shape index (κ2) is 10.1. The number of nitrogens with zero attached hydrogens (tertiary/aromatic N) is 5. The fourth-order valence-corrected chi connectivity index (χ4v) is 6.38. The molecule has 4 heterocycles. The van der Waals surface area contributed by atoms with Crippen molar-refractivity contribution < 1.29 is 14.0 Å². The van der Waals surface area contributed by atoms with Crippen molar-refractivity contribution in [3.8, 4) is 11.5 Å². The number of nitrogens with one attached hydrogen (secondary N) is 2. The summed E-state index contributed by atoms with van der Waals surface area (Å²) in [4.78, 5) is 31.8. The minimum absolute atomic E-state index is 0.00995. The molecule has 2 aliphatic heterocycles. The highest BCUT2D eigenvalue weighted by Gasteiger charge is 2.40. The van der Waals surface area contributed by atoms with Crippen molar-refractivity contribution in [2.75, 3.05) is 6.54 Å². The fourth-order valence-electron chi connectivity index (χ4n) is 6.21. The van der Waals surface area contributed by atoms with Gasteiger partial charge in [0.1, 0.15) is 16.7 Å². The molecule has 3 aliphatic rings. The van der Waals surface area contributed by atoms with E-state index in [9.17, 15) is 14.0 Å². The number of pyridine rings is 1. The van der Waals surface area contributed by atoms with Crippen LogP contribution < -0.4 is 10.9 Å². The fraction of sp³-hybridized carbons (Fsp3) is 0.444. The summed E-state index contributed by atoms with van der Waals surface area (Å²) in [6.07, 6.45) is 4.65. The monoisotopic (exact) mass is 537 g/mol. The molecule has 2 N–H and O–H groups in total. The van der Waals surface area contributed by atoms with E-state index in [1.807, 2.05) is 17.6 Å². The van der Waals surface area contributed by atoms with Gasteiger partial charge < -0.3 is 9.47 Å². The molecule has 6 rings (SSSR count). The molecule has 11 heteroatoms. The van der Waals surface area contributed by atoms with E-state index >= 15 is 0 Å². The first-order valence-corrected chi connectivity index (χ1v) is 13.5. The Bertz CT molecular complexity index is 1400. The Morgan fingerprint density at radius 1 is 1.18 bits per heavy atom. The number of hydrogen-bond acceptors (Lipinski definition) is 6. The first kappa shape index (κ1) is 24.9. The van der Waals surface area contributed by atoms with Gasteiger partial charge in [0.05, 0.1) is 18.2 Å². The van der Waals surface area contributed by atoms with Gasteiger partial charge in [-0.25, -0.2) is 14.8 Å². The molecular weight excluding hydrogens is 509 g/mol. The maximum absolute atomic E-state index is 15.0. The molecular formula is C27H29ClFN7O2. The van der Waals surface area contributed by atoms with E-state index in [2.05, 4.69) is 26.0 Å². The van der Waals surface area contributed by atoms with Gasteiger partial charge >= 0.3 is 0 Å². The highest BCUT2D eigenvalue weighted by Crippen LogP contribution is 2.35. The molecule has 198 valence electrons. The van der Waals surface area contributed by atoms with E-state index in [0.29, 0.717) is 35.5 Å². The highest BCUT2D eigenvalue weighted by molar-refractivity contribution is 6.29. The van der Waals surface area contributed by atoms with E-state index < -0.39 is 5.82 Å². The van der Waals surface area contributed by atoms with Crippen LogP contribution in [0.25, 0.3) is 11.5 Å². The van der Waals surface area contributed by atoms with Crippen molar-refractivity contribution in [3.63, 3.8) is 0 Å². The summed E-state index contributed by atoms with van der Waals surface area (Å²) < 4.78 is 16.9. The van der Waals surface area contributed by atoms with Gasteiger partial charge in [-0.2, -0.15) is 0 Å². The molecule has 1 saturated carbocycles. The van der Waals surface area contributed by atoms with Crippen molar-refractivity contribution in [2.45, 2.75) is 57.7 Å². The number of halogens is 2. The van der Waals surface area contributed by atoms with Gasteiger partial charge in [-0.3, -0.25) is 15.0 Å². The lowest BCUT2D eigenvalue weighted by molar-refractivity contribution is -0.133. The largest absolute Gasteiger partial charge is 0.329 e. The third-order valence-electron chi connectivity index (χ3n) is 8.03. The number of carbonyl (C=O) groups excluding carboxylic acids is 2. The average molecular weight is 538 g/mol. The van der Waals surface area contributed by atoms with E-state index in [-0.39, 0.29) is 47.8 Å². The summed E-state index contributed by atoms with van der Waals surface area (Å²) in [6, 6.07) is 9.95. The second-order valence-corrected chi connectivity index (χ2v) is 10.9. The highest BCUT2D eigenvalue weighted by atomic mass is 35.5. The maximum atomic E-state index is 15.0. The van der Waals surface area contributed by atoms with Crippen LogP contribution in [0.4, 0.5) is 4.39 Å². The normalized spacial score (nSPS) is 24.9. The molecule has 1 saturated heterocycles. The van der Waals surface area contributed by atoms with Crippen LogP contribution in [0.5, 0.6) is 0 Å². The van der Waals surface area contributed by atoms with Crippen LogP contribution in [0.15, 0.2) is 36.4 Å². The lowest BCUT2D eigenvalue weighted by atomic mass is 9.72. The Morgan fingerprint density at radius 3 is 2.87 bits per heavy atom. The molecule has 2 fully saturated rings. The Balaban J connectivity index is 1.21. The minimum atomic E-state index is -0.553. The number of hydrazine groups is 1. The van der Waals surface area contributed by atoms with Crippen LogP contribution >= 0.6 is 11.6 Å². The smallest absolute Gasteiger partial charge is 0.257 e. The Hall–Kier alpha value is -3.37. The minimum Gasteiger partial charge on any atom is -0.329 e. The SMILES string of the molecule is CC1CN(C(=O)c2cc(CC3NNC(=O)C4CCCCC34)ccc2F)Cc2nnc(-c3cccc(Cl)n3)n21. The second-order valence-electron chi connectivity index (χ2n) is 10.5. The lowest BCUT2D eigenvalue weighted by Gasteiger charge is -2.41. The van der Waals surface area contributed by atoms with Gasteiger partial charge in [-0.15, -0.1) is 10.2 Å². The molecule has 2 amide bonds. The summed E-state index contributed by atoms with van der Waals surface area (Å²) in [7, 11) is 0. The van der Waals surface area contributed by atoms with Crippen LogP contribution in [0.2, 0.25) is 5.15 Å². The number of rotatable bonds is 4. The van der Waals surface area contributed by atoms with Crippen LogP contribution in [0.3, 0.4) is 0 Å². The first-order chi connectivity index (χ1) is 18.4. The summed E-state index contributed by atoms with van der Waals surface area (Å²) in [5.41, 5.74) is 7.48. The van der Waals surface area contributed by atoms with E-state index in [1.54, 1.807) is 29.2 Å². The van der Waals surface area contributed by atoms with Crippen LogP contribution in [-0.4, -0.2) is 49.0 Å². The van der Waals surface area contributed by atoms with Gasteiger partial charge in [0.2, 0.25) is 5.91 Å². The number of fused-ring (bicyclic) bond motifs is 2. The molecule has 1 aromatic carbocycles. The van der Waals surface area contributed by atoms with Crippen LogP contribution in [0.1, 0.15) is 60.4 Å². The van der Waals surface area contributed by atoms with Crippen molar-refractivity contribution in [1.82, 2.24) is 35.5 Å². The number of aromatic nitrogens is 4. The number of hydrogen-bond donors (Lipinski definition) is 2. The first-order valence-electron chi connectivity index (χ1n) is 13.1. The zero-order valence-electron chi connectivity index (χ0n) is 21.0. The Kier molecular flexibility index (Phi) is 6.61. The molecule has 4 atom stereocenters. The molecule has 38 heavy (non-hydrogen) atoms. The van der Waals surface area contributed by atoms with Crippen molar-refractivity contribution in [1.29, 1.82) is 0 Å². The predicted molar refractivity (Wildman–Crippen MR) is 138 cm³/mol. The quantitative estimate of drug-likeness (QED) is 0.492. The zero-order valence-corrected chi connectivity index (χ0v) is 21.8. The third-order valence-corrected chi connectivity index (χ3v) is 8.24. The number of carbonyl (C=O) groups is 2. The van der Waals surface area contributed by atoms with E-state index in [0.717, 1.165) is 31.2 Å². The lowest BCUT2D eigenvalue weighted by Crippen LogP contribution is -2.60. The van der Waals surface area contributed by atoms with Gasteiger partial charge in [-0.1, -0.05) is 36.6 Å². The van der Waals surface area contributed by atoms with Crippen LogP contribution in [0, 0.1) is 17.7 Å². The van der Waals surface area contributed by atoms with Crippen molar-refractivity contribution in [2.24, 2.45) is 11.8 Å². The third kappa shape index (κ3) is 4.56. The number of amides is 2. The maximum Gasteiger partial charge on any atom is 0.257 e. The number of benzene rings is 1. The van der Waals surface area contributed by atoms with Crippen molar-refractivity contribution in [3.05, 3.63) is 64.3 Å². The molecule has 0 spiro atoms. The molecule has 9 nitrogen and oxygen atoms in total. The van der Waals surface area contributed by atoms with Crippen molar-refractivity contribution >= 4 is 23.4 Å². The predicted octanol–water partition coefficient (Wildman–Crippen LogP) is 3.70. The standard InChI is InChI=1S/C27H29ClFN7O2/c1-15-13-35(14-24-32-33-25(36(15)24)21-7-4-8-23(28)30-21)27(38)19-11-16(9-10-20(19)29)12-22-17-5-2-3-6-18(17)26(37)34-31-22/h4,7-11,15,17-18,22,31H,2-3,5-6,12-14H2,1H3,(H,34,37). The van der Waals surface area contributed by atoms with Gasteiger partial charge in [0, 0.05) is 18.5 Å². The van der Waals surface area contributed by atoms with Crippen LogP contribution in [-0.2, 0) is 17.8 Å². The van der Waals surface area contributed by atoms with Gasteiger partial charge in [-0.05, 0) is 61.9 Å². The molecule has 1 aliphatic carbocycles.